The molecule has 0 aromatic heterocycles. The largest absolute Gasteiger partial charge is 0.381 e. The summed E-state index contributed by atoms with van der Waals surface area (Å²) in [5, 5.41) is 3.61. The Kier molecular flexibility index (Phi) is 4.40. The van der Waals surface area contributed by atoms with Crippen LogP contribution in [0.3, 0.4) is 0 Å². The van der Waals surface area contributed by atoms with Gasteiger partial charge in [-0.2, -0.15) is 0 Å². The molecule has 0 radical (unpaired) electrons. The van der Waals surface area contributed by atoms with Crippen molar-refractivity contribution in [2.45, 2.75) is 39.3 Å². The lowest BCUT2D eigenvalue weighted by Crippen LogP contribution is -2.58. The van der Waals surface area contributed by atoms with Crippen molar-refractivity contribution in [3.63, 3.8) is 0 Å². The number of nitrogens with one attached hydrogen (secondary N) is 1. The van der Waals surface area contributed by atoms with Gasteiger partial charge in [-0.25, -0.2) is 0 Å². The molecule has 1 aliphatic carbocycles. The lowest BCUT2D eigenvalue weighted by Gasteiger charge is -2.52. The van der Waals surface area contributed by atoms with Crippen LogP contribution in [0.2, 0.25) is 0 Å². The fraction of sp³-hybridized carbons (Fsp3) is 0.571. The molecule has 0 heterocycles. The Morgan fingerprint density at radius 1 is 1.39 bits per heavy atom. The molecule has 2 nitrogen and oxygen atoms in total. The summed E-state index contributed by atoms with van der Waals surface area (Å²) in [6.07, 6.45) is 1.44. The smallest absolute Gasteiger partial charge is 0.0665 e. The van der Waals surface area contributed by atoms with E-state index in [0.717, 1.165) is 27.7 Å². The molecule has 4 heteroatoms. The zero-order valence-corrected chi connectivity index (χ0v) is 14.1. The van der Waals surface area contributed by atoms with Crippen LogP contribution in [0.4, 0.5) is 5.69 Å². The van der Waals surface area contributed by atoms with Crippen molar-refractivity contribution in [2.24, 2.45) is 5.41 Å². The third-order valence-corrected chi connectivity index (χ3v) is 4.99. The fourth-order valence-corrected chi connectivity index (χ4v) is 3.13. The number of hydrogen-bond donors (Lipinski definition) is 1. The molecular formula is C14H19Br2NO. The third-order valence-electron chi connectivity index (χ3n) is 3.80. The zero-order chi connectivity index (χ0) is 13.3. The molecular weight excluding hydrogens is 358 g/mol. The minimum Gasteiger partial charge on any atom is -0.381 e. The number of hydrogen-bond acceptors (Lipinski definition) is 2. The predicted molar refractivity (Wildman–Crippen MR) is 83.1 cm³/mol. The molecule has 1 N–H and O–H groups in total. The van der Waals surface area contributed by atoms with Gasteiger partial charge in [0.15, 0.2) is 0 Å². The molecule has 2 atom stereocenters. The molecule has 2 unspecified atom stereocenters. The second kappa shape index (κ2) is 5.51. The van der Waals surface area contributed by atoms with E-state index in [1.165, 1.54) is 0 Å². The topological polar surface area (TPSA) is 21.3 Å². The Hall–Kier alpha value is -0.0600. The van der Waals surface area contributed by atoms with E-state index >= 15 is 0 Å². The Bertz CT molecular complexity index is 434. The van der Waals surface area contributed by atoms with Crippen LogP contribution in [-0.4, -0.2) is 18.8 Å². The van der Waals surface area contributed by atoms with Gasteiger partial charge in [-0.15, -0.1) is 0 Å². The molecule has 2 rings (SSSR count). The molecule has 1 aromatic carbocycles. The maximum atomic E-state index is 5.75. The van der Waals surface area contributed by atoms with Crippen LogP contribution in [0.1, 0.15) is 27.2 Å². The van der Waals surface area contributed by atoms with Gasteiger partial charge in [0.2, 0.25) is 0 Å². The lowest BCUT2D eigenvalue weighted by molar-refractivity contribution is -0.0976. The van der Waals surface area contributed by atoms with Gasteiger partial charge >= 0.3 is 0 Å². The van der Waals surface area contributed by atoms with Crippen LogP contribution < -0.4 is 5.32 Å². The Morgan fingerprint density at radius 3 is 2.72 bits per heavy atom. The second-order valence-electron chi connectivity index (χ2n) is 5.32. The fourth-order valence-electron chi connectivity index (χ4n) is 2.41. The van der Waals surface area contributed by atoms with Crippen molar-refractivity contribution < 1.29 is 4.74 Å². The molecule has 0 amide bonds. The van der Waals surface area contributed by atoms with E-state index < -0.39 is 0 Å². The quantitative estimate of drug-likeness (QED) is 0.812. The highest BCUT2D eigenvalue weighted by atomic mass is 79.9. The number of halogens is 2. The van der Waals surface area contributed by atoms with Gasteiger partial charge in [0.1, 0.15) is 0 Å². The first-order valence-corrected chi connectivity index (χ1v) is 7.87. The molecule has 0 bridgehead atoms. The van der Waals surface area contributed by atoms with E-state index in [1.54, 1.807) is 0 Å². The van der Waals surface area contributed by atoms with E-state index in [-0.39, 0.29) is 5.41 Å². The third kappa shape index (κ3) is 2.75. The van der Waals surface area contributed by atoms with Crippen molar-refractivity contribution in [3.05, 3.63) is 27.1 Å². The van der Waals surface area contributed by atoms with E-state index in [2.05, 4.69) is 70.1 Å². The van der Waals surface area contributed by atoms with Gasteiger partial charge in [0.05, 0.1) is 6.10 Å². The first-order chi connectivity index (χ1) is 8.45. The van der Waals surface area contributed by atoms with Crippen LogP contribution in [-0.2, 0) is 4.74 Å². The van der Waals surface area contributed by atoms with E-state index in [1.807, 2.05) is 6.07 Å². The highest BCUT2D eigenvalue weighted by Gasteiger charge is 2.48. The molecule has 0 saturated heterocycles. The Labute approximate surface area is 126 Å². The average Bonchev–Trinajstić information content (AvgIpc) is 2.32. The number of rotatable bonds is 4. The lowest BCUT2D eigenvalue weighted by atomic mass is 9.64. The van der Waals surface area contributed by atoms with Crippen LogP contribution >= 0.6 is 31.9 Å². The minimum atomic E-state index is 0.178. The number of ether oxygens (including phenoxy) is 1. The van der Waals surface area contributed by atoms with Crippen molar-refractivity contribution >= 4 is 37.5 Å². The highest BCUT2D eigenvalue weighted by Crippen LogP contribution is 2.45. The van der Waals surface area contributed by atoms with E-state index in [0.29, 0.717) is 12.1 Å². The normalized spacial score (nSPS) is 25.6. The van der Waals surface area contributed by atoms with Crippen molar-refractivity contribution in [3.8, 4) is 0 Å². The molecule has 1 fully saturated rings. The number of anilines is 1. The maximum Gasteiger partial charge on any atom is 0.0665 e. The summed E-state index contributed by atoms with van der Waals surface area (Å²) in [6.45, 7) is 7.38. The Morgan fingerprint density at radius 2 is 2.11 bits per heavy atom. The monoisotopic (exact) mass is 375 g/mol. The minimum absolute atomic E-state index is 0.178. The van der Waals surface area contributed by atoms with Gasteiger partial charge < -0.3 is 10.1 Å². The van der Waals surface area contributed by atoms with Gasteiger partial charge in [0, 0.05) is 32.7 Å². The first-order valence-electron chi connectivity index (χ1n) is 6.28. The highest BCUT2D eigenvalue weighted by molar-refractivity contribution is 9.11. The standard InChI is InChI=1S/C14H19Br2NO/c1-4-18-13-8-12(14(13,2)3)17-11-7-9(15)5-6-10(11)16/h5-7,12-13,17H,4,8H2,1-3H3. The van der Waals surface area contributed by atoms with Crippen molar-refractivity contribution in [1.82, 2.24) is 0 Å². The Balaban J connectivity index is 2.05. The van der Waals surface area contributed by atoms with Gasteiger partial charge in [0.25, 0.3) is 0 Å². The van der Waals surface area contributed by atoms with Crippen LogP contribution in [0, 0.1) is 5.41 Å². The second-order valence-corrected chi connectivity index (χ2v) is 7.09. The summed E-state index contributed by atoms with van der Waals surface area (Å²) >= 11 is 7.09. The van der Waals surface area contributed by atoms with Crippen molar-refractivity contribution in [2.75, 3.05) is 11.9 Å². The summed E-state index contributed by atoms with van der Waals surface area (Å²) in [4.78, 5) is 0. The van der Waals surface area contributed by atoms with E-state index in [4.69, 9.17) is 4.74 Å². The van der Waals surface area contributed by atoms with Gasteiger partial charge in [-0.1, -0.05) is 29.8 Å². The molecule has 0 spiro atoms. The van der Waals surface area contributed by atoms with Crippen LogP contribution in [0.15, 0.2) is 27.1 Å². The SMILES string of the molecule is CCOC1CC(Nc2cc(Br)ccc2Br)C1(C)C. The summed E-state index contributed by atoms with van der Waals surface area (Å²) in [5.74, 6) is 0. The van der Waals surface area contributed by atoms with Gasteiger partial charge in [-0.3, -0.25) is 0 Å². The summed E-state index contributed by atoms with van der Waals surface area (Å²) in [5.41, 5.74) is 1.31. The van der Waals surface area contributed by atoms with Gasteiger partial charge in [-0.05, 0) is 47.5 Å². The zero-order valence-electron chi connectivity index (χ0n) is 11.0. The summed E-state index contributed by atoms with van der Waals surface area (Å²) in [7, 11) is 0. The molecule has 100 valence electrons. The molecule has 1 aliphatic rings. The summed E-state index contributed by atoms with van der Waals surface area (Å²) < 4.78 is 7.94. The predicted octanol–water partition coefficient (Wildman–Crippen LogP) is 4.83. The van der Waals surface area contributed by atoms with Crippen LogP contribution in [0.25, 0.3) is 0 Å². The summed E-state index contributed by atoms with van der Waals surface area (Å²) in [6, 6.07) is 6.65. The average molecular weight is 377 g/mol. The van der Waals surface area contributed by atoms with Crippen LogP contribution in [0.5, 0.6) is 0 Å². The van der Waals surface area contributed by atoms with E-state index in [9.17, 15) is 0 Å². The molecule has 18 heavy (non-hydrogen) atoms. The molecule has 1 aromatic rings. The number of benzene rings is 1. The first kappa shape index (κ1) is 14.4. The molecule has 1 saturated carbocycles. The molecule has 0 aliphatic heterocycles. The van der Waals surface area contributed by atoms with Crippen molar-refractivity contribution in [1.29, 1.82) is 0 Å². The maximum absolute atomic E-state index is 5.75.